The number of hydrogen-bond acceptors (Lipinski definition) is 4. The van der Waals surface area contributed by atoms with Gasteiger partial charge in [-0.1, -0.05) is 24.3 Å². The van der Waals surface area contributed by atoms with Gasteiger partial charge in [-0.2, -0.15) is 13.2 Å². The molecule has 0 saturated heterocycles. The number of para-hydroxylation sites is 1. The predicted octanol–water partition coefficient (Wildman–Crippen LogP) is 4.26. The van der Waals surface area contributed by atoms with E-state index in [1.54, 1.807) is 35.9 Å². The Kier molecular flexibility index (Phi) is 6.16. The summed E-state index contributed by atoms with van der Waals surface area (Å²) in [6.07, 6.45) is -1.37. The molecule has 10 heteroatoms. The molecule has 30 heavy (non-hydrogen) atoms. The fraction of sp³-hybridized carbons (Fsp3) is 0.200. The molecular weight excluding hydrogens is 415 g/mol. The molecule has 5 N–H and O–H groups in total. The Hall–Kier alpha value is -3.27. The smallest absolute Gasteiger partial charge is 0.416 e. The van der Waals surface area contributed by atoms with Crippen LogP contribution in [0.1, 0.15) is 29.7 Å². The number of nitrogen functional groups attached to an aromatic ring is 1. The molecule has 0 aliphatic carbocycles. The second-order valence-corrected chi connectivity index (χ2v) is 7.07. The number of nitrogens with two attached hydrogens (primary N) is 1. The third kappa shape index (κ3) is 5.01. The average molecular weight is 435 g/mol. The highest BCUT2D eigenvalue weighted by Gasteiger charge is 2.30. The van der Waals surface area contributed by atoms with Gasteiger partial charge in [-0.15, -0.1) is 0 Å². The first-order chi connectivity index (χ1) is 14.1. The first-order valence-electron chi connectivity index (χ1n) is 8.95. The third-order valence-corrected chi connectivity index (χ3v) is 4.75. The molecule has 0 saturated carbocycles. The van der Waals surface area contributed by atoms with E-state index >= 15 is 0 Å². The van der Waals surface area contributed by atoms with Gasteiger partial charge in [0.05, 0.1) is 29.5 Å². The van der Waals surface area contributed by atoms with Crippen LogP contribution >= 0.6 is 12.2 Å². The summed E-state index contributed by atoms with van der Waals surface area (Å²) in [7, 11) is 0. The van der Waals surface area contributed by atoms with Gasteiger partial charge in [-0.05, 0) is 48.5 Å². The molecule has 0 aliphatic rings. The lowest BCUT2D eigenvalue weighted by atomic mass is 10.1. The Bertz CT molecular complexity index is 1110. The van der Waals surface area contributed by atoms with E-state index in [0.29, 0.717) is 23.5 Å². The summed E-state index contributed by atoms with van der Waals surface area (Å²) in [4.78, 5) is 0. The third-order valence-electron chi connectivity index (χ3n) is 4.53. The number of hydrogen-bond donors (Lipinski definition) is 4. The SMILES string of the molecule is CC(NC(=S)Nc1cccc(Cn2ccoc2=N)c1N)c1cccc(C(F)(F)F)c1. The number of nitrogens with zero attached hydrogens (tertiary/aromatic N) is 1. The van der Waals surface area contributed by atoms with Crippen molar-refractivity contribution in [2.45, 2.75) is 25.7 Å². The predicted molar refractivity (Wildman–Crippen MR) is 112 cm³/mol. The maximum Gasteiger partial charge on any atom is 0.416 e. The Morgan fingerprint density at radius 1 is 1.27 bits per heavy atom. The lowest BCUT2D eigenvalue weighted by molar-refractivity contribution is -0.137. The number of anilines is 2. The molecule has 0 spiro atoms. The van der Waals surface area contributed by atoms with Crippen LogP contribution in [0.3, 0.4) is 0 Å². The number of rotatable bonds is 5. The van der Waals surface area contributed by atoms with Crippen LogP contribution in [0, 0.1) is 5.41 Å². The van der Waals surface area contributed by atoms with Crippen molar-refractivity contribution < 1.29 is 17.6 Å². The normalized spacial score (nSPS) is 12.4. The van der Waals surface area contributed by atoms with Crippen LogP contribution < -0.4 is 22.1 Å². The minimum absolute atomic E-state index is 0.000128. The summed E-state index contributed by atoms with van der Waals surface area (Å²) < 4.78 is 45.3. The van der Waals surface area contributed by atoms with Crippen molar-refractivity contribution in [3.63, 3.8) is 0 Å². The summed E-state index contributed by atoms with van der Waals surface area (Å²) in [6.45, 7) is 2.06. The van der Waals surface area contributed by atoms with Gasteiger partial charge in [0.15, 0.2) is 5.11 Å². The number of nitrogens with one attached hydrogen (secondary N) is 3. The maximum absolute atomic E-state index is 12.9. The van der Waals surface area contributed by atoms with Crippen molar-refractivity contribution in [3.05, 3.63) is 77.3 Å². The van der Waals surface area contributed by atoms with Gasteiger partial charge in [0.1, 0.15) is 6.26 Å². The highest BCUT2D eigenvalue weighted by atomic mass is 32.1. The summed E-state index contributed by atoms with van der Waals surface area (Å²) in [5, 5.41) is 13.9. The van der Waals surface area contributed by atoms with Crippen molar-refractivity contribution >= 4 is 28.7 Å². The van der Waals surface area contributed by atoms with E-state index in [0.717, 1.165) is 17.7 Å². The molecule has 1 unspecified atom stereocenters. The molecule has 0 amide bonds. The Morgan fingerprint density at radius 2 is 2.00 bits per heavy atom. The zero-order valence-corrected chi connectivity index (χ0v) is 16.8. The molecule has 0 radical (unpaired) electrons. The molecule has 1 atom stereocenters. The van der Waals surface area contributed by atoms with Gasteiger partial charge in [0.25, 0.3) is 5.68 Å². The molecular formula is C20H20F3N5OS. The number of benzene rings is 2. The lowest BCUT2D eigenvalue weighted by Gasteiger charge is -2.20. The Balaban J connectivity index is 1.70. The Labute approximate surface area is 176 Å². The molecule has 0 fully saturated rings. The fourth-order valence-electron chi connectivity index (χ4n) is 2.89. The van der Waals surface area contributed by atoms with Gasteiger partial charge in [-0.25, -0.2) is 0 Å². The number of thiocarbonyl (C=S) groups is 1. The number of aromatic nitrogens is 1. The monoisotopic (exact) mass is 435 g/mol. The van der Waals surface area contributed by atoms with Gasteiger partial charge in [0.2, 0.25) is 0 Å². The van der Waals surface area contributed by atoms with Gasteiger partial charge in [0, 0.05) is 6.20 Å². The molecule has 0 bridgehead atoms. The number of alkyl halides is 3. The van der Waals surface area contributed by atoms with Crippen molar-refractivity contribution in [2.75, 3.05) is 11.1 Å². The molecule has 158 valence electrons. The first-order valence-corrected chi connectivity index (χ1v) is 9.36. The van der Waals surface area contributed by atoms with E-state index in [1.807, 2.05) is 6.07 Å². The van der Waals surface area contributed by atoms with E-state index in [2.05, 4.69) is 10.6 Å². The van der Waals surface area contributed by atoms with Gasteiger partial charge >= 0.3 is 6.18 Å². The van der Waals surface area contributed by atoms with Crippen LogP contribution in [-0.4, -0.2) is 9.68 Å². The van der Waals surface area contributed by atoms with E-state index < -0.39 is 17.8 Å². The fourth-order valence-corrected chi connectivity index (χ4v) is 3.18. The van der Waals surface area contributed by atoms with Gasteiger partial charge in [-0.3, -0.25) is 9.98 Å². The van der Waals surface area contributed by atoms with E-state index in [9.17, 15) is 13.2 Å². The maximum atomic E-state index is 12.9. The molecule has 1 heterocycles. The second kappa shape index (κ2) is 8.62. The molecule has 3 aromatic rings. The Morgan fingerprint density at radius 3 is 2.67 bits per heavy atom. The van der Waals surface area contributed by atoms with Crippen molar-refractivity contribution in [1.82, 2.24) is 9.88 Å². The molecule has 3 rings (SSSR count). The van der Waals surface area contributed by atoms with E-state index in [-0.39, 0.29) is 10.8 Å². The molecule has 0 aliphatic heterocycles. The zero-order chi connectivity index (χ0) is 21.9. The van der Waals surface area contributed by atoms with Crippen LogP contribution in [0.4, 0.5) is 24.5 Å². The topological polar surface area (TPSA) is 92.0 Å². The second-order valence-electron chi connectivity index (χ2n) is 6.66. The van der Waals surface area contributed by atoms with Crippen LogP contribution in [0.15, 0.2) is 59.3 Å². The van der Waals surface area contributed by atoms with Crippen LogP contribution in [-0.2, 0) is 12.7 Å². The minimum atomic E-state index is -4.41. The first kappa shape index (κ1) is 21.4. The highest BCUT2D eigenvalue weighted by molar-refractivity contribution is 7.80. The molecule has 1 aromatic heterocycles. The van der Waals surface area contributed by atoms with Crippen LogP contribution in [0.25, 0.3) is 0 Å². The van der Waals surface area contributed by atoms with Crippen molar-refractivity contribution in [3.8, 4) is 0 Å². The summed E-state index contributed by atoms with van der Waals surface area (Å²) in [5.41, 5.74) is 7.72. The summed E-state index contributed by atoms with van der Waals surface area (Å²) in [5.74, 6) is 0. The van der Waals surface area contributed by atoms with Crippen LogP contribution in [0.2, 0.25) is 0 Å². The minimum Gasteiger partial charge on any atom is -0.432 e. The van der Waals surface area contributed by atoms with E-state index in [4.69, 9.17) is 27.8 Å². The average Bonchev–Trinajstić information content (AvgIpc) is 3.09. The highest BCUT2D eigenvalue weighted by Crippen LogP contribution is 2.31. The largest absolute Gasteiger partial charge is 0.432 e. The molecule has 6 nitrogen and oxygen atoms in total. The quantitative estimate of drug-likeness (QED) is 0.355. The number of halogens is 3. The lowest BCUT2D eigenvalue weighted by Crippen LogP contribution is -2.31. The summed E-state index contributed by atoms with van der Waals surface area (Å²) >= 11 is 5.31. The molecule has 2 aromatic carbocycles. The van der Waals surface area contributed by atoms with Crippen molar-refractivity contribution in [2.24, 2.45) is 0 Å². The zero-order valence-electron chi connectivity index (χ0n) is 16.0. The van der Waals surface area contributed by atoms with Gasteiger partial charge < -0.3 is 20.8 Å². The van der Waals surface area contributed by atoms with Crippen molar-refractivity contribution in [1.29, 1.82) is 5.41 Å². The number of oxazole rings is 1. The summed E-state index contributed by atoms with van der Waals surface area (Å²) in [6, 6.07) is 9.98. The van der Waals surface area contributed by atoms with Crippen LogP contribution in [0.5, 0.6) is 0 Å². The van der Waals surface area contributed by atoms with E-state index in [1.165, 1.54) is 12.3 Å². The standard InChI is InChI=1S/C20H20F3N5OS/c1-12(13-4-2-6-15(10-13)20(21,22)23)26-19(30)27-16-7-3-5-14(17(16)24)11-28-8-9-29-18(28)25/h2-10,12,25H,11,24H2,1H3,(H2,26,27,30).